The molecular weight excluding hydrogens is 340 g/mol. The maximum atomic E-state index is 12.6. The summed E-state index contributed by atoms with van der Waals surface area (Å²) in [5.74, 6) is 0.482. The van der Waals surface area contributed by atoms with Crippen molar-refractivity contribution in [2.45, 2.75) is 57.7 Å². The zero-order chi connectivity index (χ0) is 19.6. The Morgan fingerprint density at radius 2 is 2.00 bits per heavy atom. The number of nitriles is 1. The van der Waals surface area contributed by atoms with E-state index >= 15 is 0 Å². The van der Waals surface area contributed by atoms with Crippen LogP contribution in [0.5, 0.6) is 0 Å². The maximum Gasteiger partial charge on any atom is 0.322 e. The van der Waals surface area contributed by atoms with Crippen molar-refractivity contribution < 1.29 is 9.90 Å². The Morgan fingerprint density at radius 1 is 1.30 bits per heavy atom. The summed E-state index contributed by atoms with van der Waals surface area (Å²) >= 11 is 0. The molecule has 2 atom stereocenters. The smallest absolute Gasteiger partial charge is 0.322 e. The van der Waals surface area contributed by atoms with Gasteiger partial charge in [0, 0.05) is 17.8 Å². The number of hydrogen-bond donors (Lipinski definition) is 2. The molecule has 1 aromatic carbocycles. The minimum atomic E-state index is -0.617. The number of β-amino-alcohol motifs (C(OH)–C–C–N with tert-alkyl or cyclic N) is 1. The molecule has 2 aliphatic rings. The van der Waals surface area contributed by atoms with Crippen LogP contribution in [0.4, 0.5) is 10.5 Å². The maximum absolute atomic E-state index is 12.6. The van der Waals surface area contributed by atoms with E-state index in [1.54, 1.807) is 23.1 Å². The van der Waals surface area contributed by atoms with E-state index < -0.39 is 6.10 Å². The fourth-order valence-corrected chi connectivity index (χ4v) is 4.21. The highest BCUT2D eigenvalue weighted by molar-refractivity contribution is 5.93. The van der Waals surface area contributed by atoms with Crippen molar-refractivity contribution in [1.82, 2.24) is 10.2 Å². The van der Waals surface area contributed by atoms with E-state index in [1.807, 2.05) is 6.07 Å². The van der Waals surface area contributed by atoms with Gasteiger partial charge in [-0.05, 0) is 77.2 Å². The number of nitrogens with zero attached hydrogens (tertiary/aromatic N) is 3. The number of aliphatic hydroxyl groups excluding tert-OH is 1. The molecule has 2 unspecified atom stereocenters. The van der Waals surface area contributed by atoms with Crippen molar-refractivity contribution in [3.8, 4) is 6.07 Å². The highest BCUT2D eigenvalue weighted by Crippen LogP contribution is 2.31. The number of likely N-dealkylation sites (tertiary alicyclic amines) is 1. The van der Waals surface area contributed by atoms with Crippen LogP contribution in [0, 0.1) is 17.2 Å². The van der Waals surface area contributed by atoms with Gasteiger partial charge in [0.25, 0.3) is 0 Å². The topological polar surface area (TPSA) is 79.6 Å². The average molecular weight is 370 g/mol. The molecule has 6 heteroatoms. The van der Waals surface area contributed by atoms with Gasteiger partial charge < -0.3 is 10.4 Å². The van der Waals surface area contributed by atoms with Crippen molar-refractivity contribution >= 4 is 11.7 Å². The molecule has 6 nitrogen and oxygen atoms in total. The Kier molecular flexibility index (Phi) is 5.73. The minimum absolute atomic E-state index is 0.180. The van der Waals surface area contributed by atoms with Gasteiger partial charge in [0.2, 0.25) is 0 Å². The molecule has 2 heterocycles. The van der Waals surface area contributed by atoms with Gasteiger partial charge in [-0.3, -0.25) is 9.80 Å². The summed E-state index contributed by atoms with van der Waals surface area (Å²) in [6, 6.07) is 8.70. The lowest BCUT2D eigenvalue weighted by Gasteiger charge is -2.44. The third-order valence-corrected chi connectivity index (χ3v) is 5.85. The van der Waals surface area contributed by atoms with Crippen molar-refractivity contribution in [2.75, 3.05) is 24.5 Å². The second kappa shape index (κ2) is 7.87. The largest absolute Gasteiger partial charge is 0.389 e. The van der Waals surface area contributed by atoms with Crippen LogP contribution in [-0.4, -0.2) is 53.4 Å². The zero-order valence-electron chi connectivity index (χ0n) is 16.5. The van der Waals surface area contributed by atoms with Gasteiger partial charge in [0.05, 0.1) is 23.8 Å². The number of urea groups is 1. The summed E-state index contributed by atoms with van der Waals surface area (Å²) in [6.45, 7) is 9.10. The SMILES string of the molecule is CC(C)(C)N1CCC(CC2C(O)CNC(=O)N2c2cccc(C#N)c2)CC1. The lowest BCUT2D eigenvalue weighted by Crippen LogP contribution is -2.61. The highest BCUT2D eigenvalue weighted by atomic mass is 16.3. The first-order valence-corrected chi connectivity index (χ1v) is 9.80. The Bertz CT molecular complexity index is 714. The normalized spacial score (nSPS) is 25.1. The van der Waals surface area contributed by atoms with Crippen LogP contribution in [0.2, 0.25) is 0 Å². The van der Waals surface area contributed by atoms with E-state index in [1.165, 1.54) is 0 Å². The number of nitrogens with one attached hydrogen (secondary N) is 1. The van der Waals surface area contributed by atoms with Gasteiger partial charge in [-0.2, -0.15) is 5.26 Å². The first-order valence-electron chi connectivity index (χ1n) is 9.80. The molecule has 1 aromatic rings. The van der Waals surface area contributed by atoms with E-state index in [2.05, 4.69) is 37.1 Å². The van der Waals surface area contributed by atoms with Crippen molar-refractivity contribution in [2.24, 2.45) is 5.92 Å². The molecule has 3 rings (SSSR count). The van der Waals surface area contributed by atoms with Gasteiger partial charge in [0.1, 0.15) is 0 Å². The van der Waals surface area contributed by atoms with E-state index in [9.17, 15) is 15.2 Å². The van der Waals surface area contributed by atoms with Crippen molar-refractivity contribution in [3.63, 3.8) is 0 Å². The summed E-state index contributed by atoms with van der Waals surface area (Å²) < 4.78 is 0. The van der Waals surface area contributed by atoms with Crippen LogP contribution < -0.4 is 10.2 Å². The lowest BCUT2D eigenvalue weighted by molar-refractivity contribution is 0.0690. The molecule has 146 valence electrons. The van der Waals surface area contributed by atoms with Gasteiger partial charge in [-0.1, -0.05) is 6.07 Å². The number of anilines is 1. The Morgan fingerprint density at radius 3 is 2.63 bits per heavy atom. The molecule has 2 fully saturated rings. The van der Waals surface area contributed by atoms with Crippen LogP contribution in [0.3, 0.4) is 0 Å². The number of rotatable bonds is 3. The predicted molar refractivity (Wildman–Crippen MR) is 105 cm³/mol. The average Bonchev–Trinajstić information content (AvgIpc) is 2.64. The number of carbonyl (C=O) groups excluding carboxylic acids is 1. The van der Waals surface area contributed by atoms with Crippen LogP contribution >= 0.6 is 0 Å². The van der Waals surface area contributed by atoms with Crippen LogP contribution in [0.1, 0.15) is 45.6 Å². The number of benzene rings is 1. The summed E-state index contributed by atoms with van der Waals surface area (Å²) in [5, 5.41) is 22.6. The van der Waals surface area contributed by atoms with Crippen molar-refractivity contribution in [3.05, 3.63) is 29.8 Å². The van der Waals surface area contributed by atoms with Crippen LogP contribution in [0.25, 0.3) is 0 Å². The number of carbonyl (C=O) groups is 1. The molecule has 27 heavy (non-hydrogen) atoms. The van der Waals surface area contributed by atoms with Crippen LogP contribution in [0.15, 0.2) is 24.3 Å². The first-order chi connectivity index (χ1) is 12.8. The second-order valence-corrected chi connectivity index (χ2v) is 8.69. The quantitative estimate of drug-likeness (QED) is 0.857. The number of amides is 2. The number of piperidine rings is 1. The molecule has 0 aromatic heterocycles. The molecule has 2 amide bonds. The molecule has 2 saturated heterocycles. The lowest BCUT2D eigenvalue weighted by atomic mass is 9.85. The molecule has 2 N–H and O–H groups in total. The molecular formula is C21H30N4O2. The van der Waals surface area contributed by atoms with Gasteiger partial charge in [-0.25, -0.2) is 4.79 Å². The fourth-order valence-electron chi connectivity index (χ4n) is 4.21. The second-order valence-electron chi connectivity index (χ2n) is 8.69. The number of hydrogen-bond acceptors (Lipinski definition) is 4. The molecule has 0 aliphatic carbocycles. The summed E-state index contributed by atoms with van der Waals surface area (Å²) in [7, 11) is 0. The van der Waals surface area contributed by atoms with Crippen LogP contribution in [-0.2, 0) is 0 Å². The van der Waals surface area contributed by atoms with E-state index in [-0.39, 0.29) is 24.2 Å². The molecule has 0 saturated carbocycles. The fraction of sp³-hybridized carbons (Fsp3) is 0.619. The van der Waals surface area contributed by atoms with E-state index in [0.29, 0.717) is 17.2 Å². The molecule has 2 aliphatic heterocycles. The predicted octanol–water partition coefficient (Wildman–Crippen LogP) is 2.72. The molecule has 0 spiro atoms. The third kappa shape index (κ3) is 4.42. The van der Waals surface area contributed by atoms with E-state index in [4.69, 9.17) is 0 Å². The van der Waals surface area contributed by atoms with Gasteiger partial charge in [-0.15, -0.1) is 0 Å². The highest BCUT2D eigenvalue weighted by Gasteiger charge is 2.38. The zero-order valence-corrected chi connectivity index (χ0v) is 16.5. The minimum Gasteiger partial charge on any atom is -0.389 e. The van der Waals surface area contributed by atoms with Gasteiger partial charge in [0.15, 0.2) is 0 Å². The standard InChI is InChI=1S/C21H30N4O2/c1-21(2,3)24-9-7-15(8-10-24)12-18-19(26)14-23-20(27)25(18)17-6-4-5-16(11-17)13-22/h4-6,11,15,18-19,26H,7-10,12,14H2,1-3H3,(H,23,27). The van der Waals surface area contributed by atoms with E-state index in [0.717, 1.165) is 32.4 Å². The monoisotopic (exact) mass is 370 g/mol. The van der Waals surface area contributed by atoms with Gasteiger partial charge >= 0.3 is 6.03 Å². The van der Waals surface area contributed by atoms with Crippen molar-refractivity contribution in [1.29, 1.82) is 5.26 Å². The number of aliphatic hydroxyl groups is 1. The summed E-state index contributed by atoms with van der Waals surface area (Å²) in [4.78, 5) is 16.7. The summed E-state index contributed by atoms with van der Waals surface area (Å²) in [5.41, 5.74) is 1.36. The Labute approximate surface area is 161 Å². The molecule has 0 bridgehead atoms. The first kappa shape index (κ1) is 19.7. The third-order valence-electron chi connectivity index (χ3n) is 5.85. The Hall–Kier alpha value is -2.10. The summed E-state index contributed by atoms with van der Waals surface area (Å²) in [6.07, 6.45) is 2.32. The molecule has 0 radical (unpaired) electrons. The Balaban J connectivity index is 1.75.